The van der Waals surface area contributed by atoms with E-state index in [1.54, 1.807) is 24.3 Å². The molecule has 0 unspecified atom stereocenters. The van der Waals surface area contributed by atoms with Gasteiger partial charge in [0.25, 0.3) is 11.2 Å². The van der Waals surface area contributed by atoms with Crippen molar-refractivity contribution in [2.75, 3.05) is 0 Å². The normalized spacial score (nSPS) is 11.3. The van der Waals surface area contributed by atoms with Gasteiger partial charge >= 0.3 is 0 Å². The largest absolute Gasteiger partial charge is 0.305 e. The first kappa shape index (κ1) is 16.5. The first-order chi connectivity index (χ1) is 12.0. The van der Waals surface area contributed by atoms with Crippen molar-refractivity contribution in [2.45, 2.75) is 0 Å². The lowest BCUT2D eigenvalue weighted by molar-refractivity contribution is -0.384. The monoisotopic (exact) mass is 396 g/mol. The third kappa shape index (κ3) is 3.46. The number of benzene rings is 2. The Hall–Kier alpha value is -3.31. The second-order valence-corrected chi connectivity index (χ2v) is 6.01. The second-order valence-electron chi connectivity index (χ2n) is 5.10. The van der Waals surface area contributed by atoms with Gasteiger partial charge in [0, 0.05) is 16.6 Å². The average molecular weight is 397 g/mol. The minimum atomic E-state index is -0.516. The number of hydrogen-bond donors (Lipinski definition) is 1. The van der Waals surface area contributed by atoms with Crippen molar-refractivity contribution in [3.05, 3.63) is 78.8 Å². The highest BCUT2D eigenvalue weighted by atomic mass is 79.9. The third-order valence-corrected chi connectivity index (χ3v) is 3.93. The highest BCUT2D eigenvalue weighted by Gasteiger charge is 2.10. The molecule has 0 aliphatic rings. The first-order valence-electron chi connectivity index (χ1n) is 7.04. The Kier molecular flexibility index (Phi) is 4.41. The molecule has 1 aromatic heterocycles. The van der Waals surface area contributed by atoms with Crippen molar-refractivity contribution in [1.82, 2.24) is 9.97 Å². The number of nitro groups is 1. The highest BCUT2D eigenvalue weighted by Crippen LogP contribution is 2.20. The van der Waals surface area contributed by atoms with Crippen LogP contribution in [0.2, 0.25) is 0 Å². The predicted molar refractivity (Wildman–Crippen MR) is 96.6 cm³/mol. The summed E-state index contributed by atoms with van der Waals surface area (Å²) in [6.07, 6.45) is 1.44. The quantitative estimate of drug-likeness (QED) is 0.412. The van der Waals surface area contributed by atoms with E-state index in [0.29, 0.717) is 16.5 Å². The minimum absolute atomic E-state index is 0.0872. The number of aromatic amines is 1. The Bertz CT molecular complexity index is 1130. The van der Waals surface area contributed by atoms with Gasteiger partial charge in [0.15, 0.2) is 5.82 Å². The van der Waals surface area contributed by atoms with Crippen LogP contribution in [0.4, 0.5) is 5.69 Å². The van der Waals surface area contributed by atoms with E-state index >= 15 is 0 Å². The molecule has 0 radical (unpaired) electrons. The van der Waals surface area contributed by atoms with Gasteiger partial charge in [-0.25, -0.2) is 4.98 Å². The Labute approximate surface area is 149 Å². The molecule has 25 heavy (non-hydrogen) atoms. The summed E-state index contributed by atoms with van der Waals surface area (Å²) in [5, 5.41) is 20.7. The van der Waals surface area contributed by atoms with Crippen molar-refractivity contribution in [3.63, 3.8) is 0 Å². The lowest BCUT2D eigenvalue weighted by Gasteiger charge is -2.03. The number of hydrogen-bond acceptors (Lipinski definition) is 5. The third-order valence-electron chi connectivity index (χ3n) is 3.44. The highest BCUT2D eigenvalue weighted by molar-refractivity contribution is 9.10. The van der Waals surface area contributed by atoms with Crippen LogP contribution in [0.25, 0.3) is 22.6 Å². The molecule has 3 aromatic rings. The lowest BCUT2D eigenvalue weighted by Crippen LogP contribution is -2.11. The number of H-pyrrole nitrogens is 1. The fraction of sp³-hybridized carbons (Fsp3) is 0. The molecule has 8 heteroatoms. The number of nitrogens with zero attached hydrogens (tertiary/aromatic N) is 3. The SMILES string of the molecule is N#C/C(=C\c1cccc([N+](=O)[O-])c1)c1nc2ccc(Br)cc2c(=O)[nH]1. The van der Waals surface area contributed by atoms with E-state index in [1.165, 1.54) is 24.3 Å². The van der Waals surface area contributed by atoms with Crippen LogP contribution in [0.3, 0.4) is 0 Å². The number of non-ortho nitro benzene ring substituents is 1. The van der Waals surface area contributed by atoms with Crippen molar-refractivity contribution < 1.29 is 4.92 Å². The number of nitro benzene ring substituents is 1. The molecular weight excluding hydrogens is 388 g/mol. The van der Waals surface area contributed by atoms with Gasteiger partial charge in [0.05, 0.1) is 21.4 Å². The van der Waals surface area contributed by atoms with Crippen LogP contribution in [-0.4, -0.2) is 14.9 Å². The van der Waals surface area contributed by atoms with Gasteiger partial charge in [-0.3, -0.25) is 14.9 Å². The van der Waals surface area contributed by atoms with E-state index in [2.05, 4.69) is 25.9 Å². The van der Waals surface area contributed by atoms with Gasteiger partial charge in [-0.2, -0.15) is 5.26 Å². The molecule has 0 bridgehead atoms. The number of halogens is 1. The summed E-state index contributed by atoms with van der Waals surface area (Å²) in [4.78, 5) is 29.4. The predicted octanol–water partition coefficient (Wildman–Crippen LogP) is 3.66. The zero-order valence-corrected chi connectivity index (χ0v) is 14.1. The summed E-state index contributed by atoms with van der Waals surface area (Å²) in [5.74, 6) is 0.105. The van der Waals surface area contributed by atoms with E-state index in [1.807, 2.05) is 6.07 Å². The lowest BCUT2D eigenvalue weighted by atomic mass is 10.1. The van der Waals surface area contributed by atoms with Crippen LogP contribution in [-0.2, 0) is 0 Å². The van der Waals surface area contributed by atoms with E-state index in [0.717, 1.165) is 4.47 Å². The molecule has 3 rings (SSSR count). The molecule has 0 fully saturated rings. The van der Waals surface area contributed by atoms with Crippen LogP contribution in [0, 0.1) is 21.4 Å². The first-order valence-corrected chi connectivity index (χ1v) is 7.83. The van der Waals surface area contributed by atoms with Crippen LogP contribution < -0.4 is 5.56 Å². The van der Waals surface area contributed by atoms with Gasteiger partial charge in [-0.15, -0.1) is 0 Å². The van der Waals surface area contributed by atoms with Crippen LogP contribution in [0.1, 0.15) is 11.4 Å². The van der Waals surface area contributed by atoms with Gasteiger partial charge in [0.1, 0.15) is 6.07 Å². The van der Waals surface area contributed by atoms with Gasteiger partial charge < -0.3 is 4.98 Å². The second kappa shape index (κ2) is 6.67. The summed E-state index contributed by atoms with van der Waals surface area (Å²) in [5.41, 5.74) is 0.547. The number of aromatic nitrogens is 2. The summed E-state index contributed by atoms with van der Waals surface area (Å²) in [6, 6.07) is 12.9. The number of fused-ring (bicyclic) bond motifs is 1. The average Bonchev–Trinajstić information content (AvgIpc) is 2.60. The maximum Gasteiger partial charge on any atom is 0.270 e. The fourth-order valence-electron chi connectivity index (χ4n) is 2.29. The number of nitrogens with one attached hydrogen (secondary N) is 1. The van der Waals surface area contributed by atoms with Crippen molar-refractivity contribution in [3.8, 4) is 6.07 Å². The van der Waals surface area contributed by atoms with Gasteiger partial charge in [-0.05, 0) is 29.8 Å². The topological polar surface area (TPSA) is 113 Å². The van der Waals surface area contributed by atoms with Gasteiger partial charge in [-0.1, -0.05) is 28.1 Å². The van der Waals surface area contributed by atoms with Crippen molar-refractivity contribution in [1.29, 1.82) is 5.26 Å². The van der Waals surface area contributed by atoms with Crippen LogP contribution in [0.15, 0.2) is 51.7 Å². The smallest absolute Gasteiger partial charge is 0.270 e. The molecule has 0 aliphatic heterocycles. The fourth-order valence-corrected chi connectivity index (χ4v) is 2.65. The molecular formula is C17H9BrN4O3. The van der Waals surface area contributed by atoms with Crippen molar-refractivity contribution in [2.24, 2.45) is 0 Å². The summed E-state index contributed by atoms with van der Waals surface area (Å²) < 4.78 is 0.743. The Morgan fingerprint density at radius 1 is 1.32 bits per heavy atom. The van der Waals surface area contributed by atoms with E-state index in [9.17, 15) is 20.2 Å². The molecule has 1 N–H and O–H groups in total. The molecule has 0 aliphatic carbocycles. The maximum absolute atomic E-state index is 12.2. The minimum Gasteiger partial charge on any atom is -0.305 e. The Morgan fingerprint density at radius 2 is 2.12 bits per heavy atom. The zero-order valence-electron chi connectivity index (χ0n) is 12.6. The molecule has 0 spiro atoms. The Morgan fingerprint density at radius 3 is 2.84 bits per heavy atom. The van der Waals surface area contributed by atoms with Gasteiger partial charge in [0.2, 0.25) is 0 Å². The summed E-state index contributed by atoms with van der Waals surface area (Å²) >= 11 is 3.29. The van der Waals surface area contributed by atoms with Crippen molar-refractivity contribution >= 4 is 44.2 Å². The molecule has 2 aromatic carbocycles. The number of allylic oxidation sites excluding steroid dienone is 1. The standard InChI is InChI=1S/C17H9BrN4O3/c18-12-4-5-15-14(8-12)17(23)21-16(20-15)11(9-19)6-10-2-1-3-13(7-10)22(24)25/h1-8H,(H,20,21,23)/b11-6+. The summed E-state index contributed by atoms with van der Waals surface area (Å²) in [7, 11) is 0. The van der Waals surface area contributed by atoms with E-state index in [-0.39, 0.29) is 22.6 Å². The molecule has 0 saturated carbocycles. The zero-order chi connectivity index (χ0) is 18.0. The Balaban J connectivity index is 2.13. The molecule has 0 saturated heterocycles. The molecule has 0 atom stereocenters. The maximum atomic E-state index is 12.2. The molecule has 1 heterocycles. The van der Waals surface area contributed by atoms with Crippen LogP contribution in [0.5, 0.6) is 0 Å². The van der Waals surface area contributed by atoms with E-state index in [4.69, 9.17) is 0 Å². The summed E-state index contributed by atoms with van der Waals surface area (Å²) in [6.45, 7) is 0. The molecule has 122 valence electrons. The number of rotatable bonds is 3. The number of nitriles is 1. The molecule has 0 amide bonds. The van der Waals surface area contributed by atoms with Crippen LogP contribution >= 0.6 is 15.9 Å². The van der Waals surface area contributed by atoms with E-state index < -0.39 is 4.92 Å². The molecule has 7 nitrogen and oxygen atoms in total.